The van der Waals surface area contributed by atoms with Gasteiger partial charge in [0, 0.05) is 12.8 Å². The molecule has 0 aliphatic heterocycles. The second-order valence-corrected chi connectivity index (χ2v) is 5.43. The van der Waals surface area contributed by atoms with Crippen molar-refractivity contribution in [1.82, 2.24) is 14.8 Å². The molecule has 2 unspecified atom stereocenters. The number of hydrogen-bond donors (Lipinski definition) is 1. The SMILES string of the molecule is CCc1nc(CC)n(C2CCc3ccccc3C2N)n1. The average Bonchev–Trinajstić information content (AvgIpc) is 2.91. The van der Waals surface area contributed by atoms with Crippen LogP contribution in [0.25, 0.3) is 0 Å². The normalized spacial score (nSPS) is 21.8. The zero-order valence-corrected chi connectivity index (χ0v) is 12.2. The van der Waals surface area contributed by atoms with Gasteiger partial charge in [0.05, 0.1) is 12.1 Å². The highest BCUT2D eigenvalue weighted by Crippen LogP contribution is 2.36. The van der Waals surface area contributed by atoms with E-state index in [4.69, 9.17) is 5.73 Å². The molecule has 2 atom stereocenters. The van der Waals surface area contributed by atoms with Crippen LogP contribution in [0.1, 0.15) is 55.1 Å². The van der Waals surface area contributed by atoms with Crippen LogP contribution in [0.2, 0.25) is 0 Å². The third-order valence-electron chi connectivity index (χ3n) is 4.23. The third kappa shape index (κ3) is 2.14. The minimum atomic E-state index is 0.0108. The average molecular weight is 270 g/mol. The largest absolute Gasteiger partial charge is 0.322 e. The molecule has 106 valence electrons. The lowest BCUT2D eigenvalue weighted by molar-refractivity contribution is 0.332. The molecule has 1 aliphatic carbocycles. The zero-order valence-electron chi connectivity index (χ0n) is 12.2. The Kier molecular flexibility index (Phi) is 3.57. The van der Waals surface area contributed by atoms with Crippen LogP contribution < -0.4 is 5.73 Å². The van der Waals surface area contributed by atoms with E-state index in [2.05, 4.69) is 52.9 Å². The summed E-state index contributed by atoms with van der Waals surface area (Å²) >= 11 is 0. The van der Waals surface area contributed by atoms with Crippen LogP contribution in [0.15, 0.2) is 24.3 Å². The molecule has 3 rings (SSSR count). The number of nitrogens with two attached hydrogens (primary N) is 1. The van der Waals surface area contributed by atoms with E-state index in [1.807, 2.05) is 0 Å². The standard InChI is InChI=1S/C16H22N4/c1-3-14-18-15(4-2)20(19-14)13-10-9-11-7-5-6-8-12(11)16(13)17/h5-8,13,16H,3-4,9-10,17H2,1-2H3. The molecular formula is C16H22N4. The topological polar surface area (TPSA) is 56.7 Å². The van der Waals surface area contributed by atoms with Crippen molar-refractivity contribution in [2.45, 2.75) is 51.6 Å². The second-order valence-electron chi connectivity index (χ2n) is 5.43. The van der Waals surface area contributed by atoms with E-state index in [1.165, 1.54) is 11.1 Å². The maximum Gasteiger partial charge on any atom is 0.150 e. The van der Waals surface area contributed by atoms with E-state index < -0.39 is 0 Å². The zero-order chi connectivity index (χ0) is 14.1. The molecule has 1 aromatic heterocycles. The van der Waals surface area contributed by atoms with Gasteiger partial charge in [-0.1, -0.05) is 38.1 Å². The molecule has 1 aliphatic rings. The van der Waals surface area contributed by atoms with Gasteiger partial charge >= 0.3 is 0 Å². The number of aryl methyl sites for hydroxylation is 3. The van der Waals surface area contributed by atoms with Crippen molar-refractivity contribution in [1.29, 1.82) is 0 Å². The van der Waals surface area contributed by atoms with Crippen LogP contribution in [0, 0.1) is 0 Å². The number of aromatic nitrogens is 3. The van der Waals surface area contributed by atoms with Crippen LogP contribution in [0.3, 0.4) is 0 Å². The Balaban J connectivity index is 1.98. The maximum absolute atomic E-state index is 6.51. The van der Waals surface area contributed by atoms with Gasteiger partial charge in [0.25, 0.3) is 0 Å². The highest BCUT2D eigenvalue weighted by Gasteiger charge is 2.30. The van der Waals surface area contributed by atoms with Gasteiger partial charge < -0.3 is 5.73 Å². The van der Waals surface area contributed by atoms with Crippen LogP contribution in [0.5, 0.6) is 0 Å². The molecule has 2 N–H and O–H groups in total. The number of hydrogen-bond acceptors (Lipinski definition) is 3. The molecule has 0 saturated carbocycles. The van der Waals surface area contributed by atoms with Crippen molar-refractivity contribution < 1.29 is 0 Å². The first-order valence-corrected chi connectivity index (χ1v) is 7.52. The Labute approximate surface area is 120 Å². The molecule has 0 fully saturated rings. The Morgan fingerprint density at radius 3 is 2.80 bits per heavy atom. The Morgan fingerprint density at radius 1 is 1.25 bits per heavy atom. The monoisotopic (exact) mass is 270 g/mol. The van der Waals surface area contributed by atoms with Crippen LogP contribution in [0.4, 0.5) is 0 Å². The summed E-state index contributed by atoms with van der Waals surface area (Å²) < 4.78 is 2.08. The first-order chi connectivity index (χ1) is 9.74. The first kappa shape index (κ1) is 13.3. The van der Waals surface area contributed by atoms with E-state index in [9.17, 15) is 0 Å². The number of rotatable bonds is 3. The van der Waals surface area contributed by atoms with E-state index in [0.29, 0.717) is 0 Å². The fraction of sp³-hybridized carbons (Fsp3) is 0.500. The predicted octanol–water partition coefficient (Wildman–Crippen LogP) is 2.59. The Morgan fingerprint density at radius 2 is 2.05 bits per heavy atom. The number of nitrogens with zero attached hydrogens (tertiary/aromatic N) is 3. The molecule has 0 bridgehead atoms. The van der Waals surface area contributed by atoms with Gasteiger partial charge in [-0.3, -0.25) is 0 Å². The number of fused-ring (bicyclic) bond motifs is 1. The summed E-state index contributed by atoms with van der Waals surface area (Å²) in [7, 11) is 0. The second kappa shape index (κ2) is 5.37. The van der Waals surface area contributed by atoms with Gasteiger partial charge in [-0.15, -0.1) is 0 Å². The molecule has 0 saturated heterocycles. The van der Waals surface area contributed by atoms with E-state index in [-0.39, 0.29) is 12.1 Å². The molecule has 4 nitrogen and oxygen atoms in total. The molecule has 0 amide bonds. The quantitative estimate of drug-likeness (QED) is 0.932. The lowest BCUT2D eigenvalue weighted by Gasteiger charge is -2.31. The molecule has 1 aromatic carbocycles. The smallest absolute Gasteiger partial charge is 0.150 e. The van der Waals surface area contributed by atoms with Crippen LogP contribution in [-0.4, -0.2) is 14.8 Å². The van der Waals surface area contributed by atoms with Crippen LogP contribution >= 0.6 is 0 Å². The van der Waals surface area contributed by atoms with Crippen molar-refractivity contribution in [2.24, 2.45) is 5.73 Å². The molecule has 0 radical (unpaired) electrons. The minimum Gasteiger partial charge on any atom is -0.322 e. The van der Waals surface area contributed by atoms with E-state index in [0.717, 1.165) is 37.3 Å². The van der Waals surface area contributed by atoms with Crippen molar-refractivity contribution >= 4 is 0 Å². The van der Waals surface area contributed by atoms with Crippen molar-refractivity contribution in [3.63, 3.8) is 0 Å². The highest BCUT2D eigenvalue weighted by molar-refractivity contribution is 5.33. The van der Waals surface area contributed by atoms with Gasteiger partial charge in [0.2, 0.25) is 0 Å². The van der Waals surface area contributed by atoms with E-state index in [1.54, 1.807) is 0 Å². The van der Waals surface area contributed by atoms with Gasteiger partial charge in [-0.2, -0.15) is 5.10 Å². The molecule has 20 heavy (non-hydrogen) atoms. The molecule has 1 heterocycles. The molecule has 4 heteroatoms. The van der Waals surface area contributed by atoms with Gasteiger partial charge in [0.1, 0.15) is 5.82 Å². The van der Waals surface area contributed by atoms with Crippen molar-refractivity contribution in [2.75, 3.05) is 0 Å². The lowest BCUT2D eigenvalue weighted by atomic mass is 9.84. The van der Waals surface area contributed by atoms with E-state index >= 15 is 0 Å². The van der Waals surface area contributed by atoms with Crippen molar-refractivity contribution in [3.8, 4) is 0 Å². The fourth-order valence-electron chi connectivity index (χ4n) is 3.11. The van der Waals surface area contributed by atoms with Gasteiger partial charge in [-0.05, 0) is 24.0 Å². The summed E-state index contributed by atoms with van der Waals surface area (Å²) in [5.74, 6) is 1.98. The number of benzene rings is 1. The fourth-order valence-corrected chi connectivity index (χ4v) is 3.11. The highest BCUT2D eigenvalue weighted by atomic mass is 15.4. The molecule has 2 aromatic rings. The molecular weight excluding hydrogens is 248 g/mol. The molecule has 0 spiro atoms. The first-order valence-electron chi connectivity index (χ1n) is 7.52. The Hall–Kier alpha value is -1.68. The summed E-state index contributed by atoms with van der Waals surface area (Å²) in [5.41, 5.74) is 9.15. The summed E-state index contributed by atoms with van der Waals surface area (Å²) in [4.78, 5) is 4.61. The third-order valence-corrected chi connectivity index (χ3v) is 4.23. The summed E-state index contributed by atoms with van der Waals surface area (Å²) in [5, 5.41) is 4.67. The van der Waals surface area contributed by atoms with Crippen LogP contribution in [-0.2, 0) is 19.3 Å². The predicted molar refractivity (Wildman–Crippen MR) is 79.5 cm³/mol. The van der Waals surface area contributed by atoms with Gasteiger partial charge in [0.15, 0.2) is 5.82 Å². The van der Waals surface area contributed by atoms with Gasteiger partial charge in [-0.25, -0.2) is 9.67 Å². The minimum absolute atomic E-state index is 0.0108. The summed E-state index contributed by atoms with van der Waals surface area (Å²) in [6, 6.07) is 8.74. The maximum atomic E-state index is 6.51. The van der Waals surface area contributed by atoms with Crippen molar-refractivity contribution in [3.05, 3.63) is 47.0 Å². The Bertz CT molecular complexity index is 602. The lowest BCUT2D eigenvalue weighted by Crippen LogP contribution is -2.31. The summed E-state index contributed by atoms with van der Waals surface area (Å²) in [6.45, 7) is 4.22. The summed E-state index contributed by atoms with van der Waals surface area (Å²) in [6.07, 6.45) is 3.88.